The Morgan fingerprint density at radius 2 is 2.07 bits per heavy atom. The molecule has 0 aromatic heterocycles. The molecule has 1 amide bonds. The Morgan fingerprint density at radius 3 is 2.60 bits per heavy atom. The van der Waals surface area contributed by atoms with E-state index in [9.17, 15) is 13.6 Å². The van der Waals surface area contributed by atoms with Crippen LogP contribution in [0.25, 0.3) is 0 Å². The van der Waals surface area contributed by atoms with Crippen LogP contribution in [0.3, 0.4) is 0 Å². The summed E-state index contributed by atoms with van der Waals surface area (Å²) in [6.45, 7) is 1.17. The van der Waals surface area contributed by atoms with Crippen LogP contribution in [0.4, 0.5) is 8.78 Å². The quantitative estimate of drug-likeness (QED) is 0.613. The highest BCUT2D eigenvalue weighted by molar-refractivity contribution is 5.78. The summed E-state index contributed by atoms with van der Waals surface area (Å²) in [5.74, 6) is -0.354. The van der Waals surface area contributed by atoms with Gasteiger partial charge in [-0.1, -0.05) is 0 Å². The number of rotatable bonds is 4. The van der Waals surface area contributed by atoms with E-state index in [-0.39, 0.29) is 18.4 Å². The minimum Gasteiger partial charge on any atom is -0.385 e. The third-order valence-corrected chi connectivity index (χ3v) is 2.49. The van der Waals surface area contributed by atoms with Gasteiger partial charge >= 0.3 is 0 Å². The largest absolute Gasteiger partial charge is 0.385 e. The highest BCUT2D eigenvalue weighted by Crippen LogP contribution is 2.11. The van der Waals surface area contributed by atoms with Gasteiger partial charge in [-0.05, 0) is 25.9 Å². The van der Waals surface area contributed by atoms with Gasteiger partial charge in [-0.2, -0.15) is 0 Å². The molecule has 0 saturated carbocycles. The molecular formula is C9H16F2N2O2. The SMILES string of the molecule is O=C(NCC(O)C(F)F)C1CCNCC1. The Morgan fingerprint density at radius 1 is 1.47 bits per heavy atom. The molecule has 0 aliphatic carbocycles. The number of aliphatic hydroxyl groups is 1. The monoisotopic (exact) mass is 222 g/mol. The molecule has 1 unspecified atom stereocenters. The van der Waals surface area contributed by atoms with Crippen LogP contribution in [0, 0.1) is 5.92 Å². The van der Waals surface area contributed by atoms with Crippen molar-refractivity contribution in [3.8, 4) is 0 Å². The number of hydrogen-bond donors (Lipinski definition) is 3. The normalized spacial score (nSPS) is 20.3. The average Bonchev–Trinajstić information content (AvgIpc) is 2.26. The number of amides is 1. The zero-order valence-electron chi connectivity index (χ0n) is 8.38. The van der Waals surface area contributed by atoms with Gasteiger partial charge in [-0.15, -0.1) is 0 Å². The molecule has 4 nitrogen and oxygen atoms in total. The van der Waals surface area contributed by atoms with Crippen LogP contribution in [0.2, 0.25) is 0 Å². The van der Waals surface area contributed by atoms with Crippen molar-refractivity contribution in [1.82, 2.24) is 10.6 Å². The maximum Gasteiger partial charge on any atom is 0.265 e. The molecule has 88 valence electrons. The molecule has 15 heavy (non-hydrogen) atoms. The predicted octanol–water partition coefficient (Wildman–Crippen LogP) is -0.272. The predicted molar refractivity (Wildman–Crippen MR) is 50.6 cm³/mol. The van der Waals surface area contributed by atoms with Crippen LogP contribution in [0.1, 0.15) is 12.8 Å². The van der Waals surface area contributed by atoms with Crippen LogP contribution in [-0.2, 0) is 4.79 Å². The average molecular weight is 222 g/mol. The second-order valence-corrected chi connectivity index (χ2v) is 3.67. The Labute approximate surface area is 87.0 Å². The molecule has 1 aliphatic rings. The molecule has 0 bridgehead atoms. The van der Waals surface area contributed by atoms with Gasteiger partial charge < -0.3 is 15.7 Å². The maximum absolute atomic E-state index is 11.9. The lowest BCUT2D eigenvalue weighted by molar-refractivity contribution is -0.126. The maximum atomic E-state index is 11.9. The molecule has 1 rings (SSSR count). The summed E-state index contributed by atoms with van der Waals surface area (Å²) in [5, 5.41) is 14.2. The standard InChI is InChI=1S/C9H16F2N2O2/c10-8(11)7(14)5-13-9(15)6-1-3-12-4-2-6/h6-8,12,14H,1-5H2,(H,13,15). The Kier molecular flexibility index (Phi) is 4.90. The lowest BCUT2D eigenvalue weighted by atomic mass is 9.97. The summed E-state index contributed by atoms with van der Waals surface area (Å²) >= 11 is 0. The molecule has 6 heteroatoms. The number of carbonyl (C=O) groups is 1. The number of aliphatic hydroxyl groups excluding tert-OH is 1. The number of halogens is 2. The van der Waals surface area contributed by atoms with Crippen LogP contribution in [0.15, 0.2) is 0 Å². The van der Waals surface area contributed by atoms with Crippen molar-refractivity contribution in [3.63, 3.8) is 0 Å². The molecule has 1 atom stereocenters. The minimum absolute atomic E-state index is 0.115. The van der Waals surface area contributed by atoms with E-state index in [0.29, 0.717) is 0 Å². The summed E-state index contributed by atoms with van der Waals surface area (Å²) in [6.07, 6.45) is -3.14. The first-order valence-corrected chi connectivity index (χ1v) is 5.06. The lowest BCUT2D eigenvalue weighted by Crippen LogP contribution is -2.42. The number of hydrogen-bond acceptors (Lipinski definition) is 3. The summed E-state index contributed by atoms with van der Waals surface area (Å²) in [7, 11) is 0. The van der Waals surface area contributed by atoms with Gasteiger partial charge in [0.2, 0.25) is 5.91 Å². The second-order valence-electron chi connectivity index (χ2n) is 3.67. The first-order valence-electron chi connectivity index (χ1n) is 5.06. The van der Waals surface area contributed by atoms with Gasteiger partial charge in [0.1, 0.15) is 6.10 Å². The molecule has 3 N–H and O–H groups in total. The number of nitrogens with one attached hydrogen (secondary N) is 2. The van der Waals surface area contributed by atoms with E-state index < -0.39 is 12.5 Å². The molecule has 0 aromatic rings. The van der Waals surface area contributed by atoms with Crippen molar-refractivity contribution in [1.29, 1.82) is 0 Å². The van der Waals surface area contributed by atoms with Crippen molar-refractivity contribution in [3.05, 3.63) is 0 Å². The summed E-state index contributed by atoms with van der Waals surface area (Å²) < 4.78 is 23.8. The zero-order valence-corrected chi connectivity index (χ0v) is 8.38. The summed E-state index contributed by atoms with van der Waals surface area (Å²) in [5.41, 5.74) is 0. The highest BCUT2D eigenvalue weighted by atomic mass is 19.3. The van der Waals surface area contributed by atoms with Crippen LogP contribution >= 0.6 is 0 Å². The van der Waals surface area contributed by atoms with Crippen molar-refractivity contribution >= 4 is 5.91 Å². The van der Waals surface area contributed by atoms with Crippen molar-refractivity contribution < 1.29 is 18.7 Å². The fourth-order valence-corrected chi connectivity index (χ4v) is 1.52. The van der Waals surface area contributed by atoms with Crippen LogP contribution in [-0.4, -0.2) is 43.2 Å². The van der Waals surface area contributed by atoms with Crippen LogP contribution < -0.4 is 10.6 Å². The number of carbonyl (C=O) groups excluding carboxylic acids is 1. The first-order chi connectivity index (χ1) is 7.11. The Balaban J connectivity index is 2.22. The topological polar surface area (TPSA) is 61.4 Å². The number of alkyl halides is 2. The van der Waals surface area contributed by atoms with E-state index in [1.807, 2.05) is 0 Å². The Hall–Kier alpha value is -0.750. The van der Waals surface area contributed by atoms with E-state index in [1.54, 1.807) is 0 Å². The van der Waals surface area contributed by atoms with E-state index in [2.05, 4.69) is 10.6 Å². The van der Waals surface area contributed by atoms with Gasteiger partial charge in [-0.25, -0.2) is 8.78 Å². The fourth-order valence-electron chi connectivity index (χ4n) is 1.52. The van der Waals surface area contributed by atoms with Crippen molar-refractivity contribution in [2.24, 2.45) is 5.92 Å². The van der Waals surface area contributed by atoms with Crippen LogP contribution in [0.5, 0.6) is 0 Å². The molecule has 0 aromatic carbocycles. The number of piperidine rings is 1. The van der Waals surface area contributed by atoms with Crippen molar-refractivity contribution in [2.45, 2.75) is 25.4 Å². The fraction of sp³-hybridized carbons (Fsp3) is 0.889. The third-order valence-electron chi connectivity index (χ3n) is 2.49. The van der Waals surface area contributed by atoms with E-state index in [1.165, 1.54) is 0 Å². The molecule has 1 heterocycles. The smallest absolute Gasteiger partial charge is 0.265 e. The molecule has 1 aliphatic heterocycles. The van der Waals surface area contributed by atoms with Gasteiger partial charge in [0.05, 0.1) is 0 Å². The van der Waals surface area contributed by atoms with E-state index in [0.717, 1.165) is 25.9 Å². The van der Waals surface area contributed by atoms with E-state index in [4.69, 9.17) is 5.11 Å². The molecule has 1 fully saturated rings. The van der Waals surface area contributed by atoms with Gasteiger partial charge in [-0.3, -0.25) is 4.79 Å². The molecule has 0 radical (unpaired) electrons. The Bertz CT molecular complexity index is 208. The molecular weight excluding hydrogens is 206 g/mol. The van der Waals surface area contributed by atoms with Crippen molar-refractivity contribution in [2.75, 3.05) is 19.6 Å². The third kappa shape index (κ3) is 4.09. The van der Waals surface area contributed by atoms with Gasteiger partial charge in [0, 0.05) is 12.5 Å². The summed E-state index contributed by atoms with van der Waals surface area (Å²) in [4.78, 5) is 11.4. The summed E-state index contributed by atoms with van der Waals surface area (Å²) in [6, 6.07) is 0. The van der Waals surface area contributed by atoms with E-state index >= 15 is 0 Å². The zero-order chi connectivity index (χ0) is 11.3. The molecule has 1 saturated heterocycles. The second kappa shape index (κ2) is 5.97. The highest BCUT2D eigenvalue weighted by Gasteiger charge is 2.23. The minimum atomic E-state index is -2.81. The lowest BCUT2D eigenvalue weighted by Gasteiger charge is -2.22. The van der Waals surface area contributed by atoms with Gasteiger partial charge in [0.25, 0.3) is 6.43 Å². The first kappa shape index (κ1) is 12.3. The molecule has 0 spiro atoms. The van der Waals surface area contributed by atoms with Gasteiger partial charge in [0.15, 0.2) is 0 Å².